The monoisotopic (exact) mass is 616 g/mol. The van der Waals surface area contributed by atoms with Gasteiger partial charge in [0.1, 0.15) is 12.7 Å². The number of rotatable bonds is 8. The first-order valence-electron chi connectivity index (χ1n) is 18.1. The van der Waals surface area contributed by atoms with Gasteiger partial charge in [-0.1, -0.05) is 37.6 Å². The van der Waals surface area contributed by atoms with Crippen LogP contribution in [0.1, 0.15) is 97.0 Å². The van der Waals surface area contributed by atoms with Gasteiger partial charge in [0.05, 0.1) is 7.11 Å². The summed E-state index contributed by atoms with van der Waals surface area (Å²) in [4.78, 5) is 17.8. The lowest BCUT2D eigenvalue weighted by atomic mass is 9.48. The summed E-state index contributed by atoms with van der Waals surface area (Å²) in [5.74, 6) is 3.28. The average Bonchev–Trinajstić information content (AvgIpc) is 3.80. The zero-order chi connectivity index (χ0) is 31.2. The molecule has 0 radical (unpaired) electrons. The summed E-state index contributed by atoms with van der Waals surface area (Å²) in [6, 6.07) is 7.02. The maximum absolute atomic E-state index is 12.5. The summed E-state index contributed by atoms with van der Waals surface area (Å²) < 4.78 is 18.2. The molecule has 3 saturated carbocycles. The first kappa shape index (κ1) is 31.3. The number of ether oxygens (including phenoxy) is 3. The lowest BCUT2D eigenvalue weighted by Gasteiger charge is -2.58. The highest BCUT2D eigenvalue weighted by Crippen LogP contribution is 2.66. The molecular formula is C39H56N2O4. The van der Waals surface area contributed by atoms with Gasteiger partial charge in [-0.15, -0.1) is 0 Å². The Morgan fingerprint density at radius 1 is 0.978 bits per heavy atom. The molecule has 2 saturated heterocycles. The molecule has 0 amide bonds. The minimum atomic E-state index is -0.174. The van der Waals surface area contributed by atoms with Crippen LogP contribution >= 0.6 is 0 Å². The molecule has 6 aliphatic rings. The smallest absolute Gasteiger partial charge is 0.303 e. The minimum Gasteiger partial charge on any atom is -0.493 e. The summed E-state index contributed by atoms with van der Waals surface area (Å²) in [6.07, 6.45) is 18.6. The molecule has 4 aliphatic carbocycles. The number of methoxy groups -OCH3 is 1. The molecule has 5 fully saturated rings. The van der Waals surface area contributed by atoms with Crippen LogP contribution in [-0.2, 0) is 9.53 Å². The summed E-state index contributed by atoms with van der Waals surface area (Å²) >= 11 is 0. The fourth-order valence-corrected chi connectivity index (χ4v) is 10.8. The van der Waals surface area contributed by atoms with E-state index in [9.17, 15) is 4.79 Å². The summed E-state index contributed by atoms with van der Waals surface area (Å²) in [6.45, 7) is 13.2. The van der Waals surface area contributed by atoms with Crippen molar-refractivity contribution in [1.29, 1.82) is 0 Å². The fourth-order valence-electron chi connectivity index (χ4n) is 10.8. The quantitative estimate of drug-likeness (QED) is 0.222. The van der Waals surface area contributed by atoms with E-state index in [0.29, 0.717) is 23.9 Å². The largest absolute Gasteiger partial charge is 0.493 e. The molecule has 7 atom stereocenters. The van der Waals surface area contributed by atoms with Gasteiger partial charge in [-0.05, 0) is 143 Å². The lowest BCUT2D eigenvalue weighted by molar-refractivity contribution is -0.154. The van der Waals surface area contributed by atoms with E-state index in [1.807, 2.05) is 6.07 Å². The number of benzene rings is 1. The van der Waals surface area contributed by atoms with E-state index in [-0.39, 0.29) is 17.5 Å². The van der Waals surface area contributed by atoms with Crippen molar-refractivity contribution < 1.29 is 19.0 Å². The molecule has 2 aliphatic heterocycles. The Balaban J connectivity index is 1.11. The van der Waals surface area contributed by atoms with E-state index >= 15 is 0 Å². The van der Waals surface area contributed by atoms with Crippen molar-refractivity contribution in [1.82, 2.24) is 9.80 Å². The first-order chi connectivity index (χ1) is 21.8. The van der Waals surface area contributed by atoms with Gasteiger partial charge in [0.15, 0.2) is 11.5 Å². The standard InChI is InChI=1S/C39H56N2O4/c1-27(42)45-37-29(23-28-9-12-35(36(24-28)43-4)44-22-21-40-17-5-6-18-40)25-34-32-11-10-30-26-31(41-19-7-8-20-41)13-15-38(30,2)33(32)14-16-39(34,37)3/h9-10,12,23-24,31-34,37H,5-8,11,13-22,25-26H2,1-4H3/b29-23-/t31-,32+,33-,34-,37-,38-,39-/m0/s1. The molecule has 45 heavy (non-hydrogen) atoms. The Labute approximate surface area is 271 Å². The lowest BCUT2D eigenvalue weighted by Crippen LogP contribution is -2.52. The number of nitrogens with zero attached hydrogens (tertiary/aromatic N) is 2. The number of hydrogen-bond acceptors (Lipinski definition) is 6. The molecular weight excluding hydrogens is 560 g/mol. The van der Waals surface area contributed by atoms with Gasteiger partial charge in [-0.3, -0.25) is 9.69 Å². The predicted molar refractivity (Wildman–Crippen MR) is 179 cm³/mol. The van der Waals surface area contributed by atoms with Crippen LogP contribution in [0.4, 0.5) is 0 Å². The van der Waals surface area contributed by atoms with Crippen molar-refractivity contribution in [3.63, 3.8) is 0 Å². The number of carbonyl (C=O) groups is 1. The van der Waals surface area contributed by atoms with Gasteiger partial charge in [-0.25, -0.2) is 0 Å². The topological polar surface area (TPSA) is 51.2 Å². The van der Waals surface area contributed by atoms with Gasteiger partial charge < -0.3 is 19.1 Å². The molecule has 0 spiro atoms. The number of carbonyl (C=O) groups excluding carboxylic acids is 1. The highest BCUT2D eigenvalue weighted by atomic mass is 16.5. The van der Waals surface area contributed by atoms with Gasteiger partial charge in [0, 0.05) is 24.9 Å². The molecule has 2 heterocycles. The molecule has 0 N–H and O–H groups in total. The molecule has 0 bridgehead atoms. The van der Waals surface area contributed by atoms with Crippen molar-refractivity contribution in [3.8, 4) is 11.5 Å². The normalized spacial score (nSPS) is 37.6. The van der Waals surface area contributed by atoms with E-state index in [0.717, 1.165) is 48.4 Å². The van der Waals surface area contributed by atoms with Crippen LogP contribution in [0.15, 0.2) is 35.4 Å². The fraction of sp³-hybridized carbons (Fsp3) is 0.718. The van der Waals surface area contributed by atoms with Crippen LogP contribution in [-0.4, -0.2) is 74.4 Å². The van der Waals surface area contributed by atoms with Crippen molar-refractivity contribution in [2.75, 3.05) is 46.4 Å². The minimum absolute atomic E-state index is 0.0319. The maximum atomic E-state index is 12.5. The van der Waals surface area contributed by atoms with E-state index in [4.69, 9.17) is 14.2 Å². The highest BCUT2D eigenvalue weighted by Gasteiger charge is 2.61. The van der Waals surface area contributed by atoms with Crippen LogP contribution in [0.3, 0.4) is 0 Å². The number of likely N-dealkylation sites (tertiary alicyclic amines) is 2. The summed E-state index contributed by atoms with van der Waals surface area (Å²) in [5.41, 5.74) is 4.40. The van der Waals surface area contributed by atoms with Crippen LogP contribution in [0.5, 0.6) is 11.5 Å². The third-order valence-corrected chi connectivity index (χ3v) is 13.3. The molecule has 7 rings (SSSR count). The highest BCUT2D eigenvalue weighted by molar-refractivity contribution is 5.68. The van der Waals surface area contributed by atoms with Crippen LogP contribution in [0.2, 0.25) is 0 Å². The van der Waals surface area contributed by atoms with Gasteiger partial charge in [-0.2, -0.15) is 0 Å². The number of fused-ring (bicyclic) bond motifs is 5. The van der Waals surface area contributed by atoms with Crippen molar-refractivity contribution >= 4 is 12.0 Å². The molecule has 0 unspecified atom stereocenters. The first-order valence-corrected chi connectivity index (χ1v) is 18.1. The number of esters is 1. The second-order valence-corrected chi connectivity index (χ2v) is 15.7. The average molecular weight is 617 g/mol. The maximum Gasteiger partial charge on any atom is 0.303 e. The van der Waals surface area contributed by atoms with Gasteiger partial charge in [0.2, 0.25) is 0 Å². The van der Waals surface area contributed by atoms with Crippen molar-refractivity contribution in [2.24, 2.45) is 28.6 Å². The van der Waals surface area contributed by atoms with E-state index in [2.05, 4.69) is 47.9 Å². The van der Waals surface area contributed by atoms with Crippen molar-refractivity contribution in [3.05, 3.63) is 41.0 Å². The predicted octanol–water partition coefficient (Wildman–Crippen LogP) is 7.52. The number of hydrogen-bond donors (Lipinski definition) is 0. The van der Waals surface area contributed by atoms with E-state index in [1.165, 1.54) is 89.5 Å². The third kappa shape index (κ3) is 5.88. The Morgan fingerprint density at radius 3 is 2.51 bits per heavy atom. The zero-order valence-electron chi connectivity index (χ0n) is 28.3. The second kappa shape index (κ2) is 12.7. The molecule has 246 valence electrons. The summed E-state index contributed by atoms with van der Waals surface area (Å²) in [7, 11) is 1.72. The Hall–Kier alpha value is -2.31. The SMILES string of the molecule is COc1cc(/C=C2/C[C@H]3[C@@H]4CC=C5C[C@@H](N6CCCC6)CC[C@]5(C)[C@H]4CC[C@]3(C)[C@H]2OC(C)=O)ccc1OCCN1CCCC1. The van der Waals surface area contributed by atoms with E-state index < -0.39 is 0 Å². The molecule has 0 aromatic heterocycles. The third-order valence-electron chi connectivity index (χ3n) is 13.3. The second-order valence-electron chi connectivity index (χ2n) is 15.7. The van der Waals surface area contributed by atoms with Crippen molar-refractivity contribution in [2.45, 2.75) is 104 Å². The molecule has 1 aromatic rings. The van der Waals surface area contributed by atoms with Gasteiger partial charge in [0.25, 0.3) is 0 Å². The van der Waals surface area contributed by atoms with E-state index in [1.54, 1.807) is 19.6 Å². The van der Waals surface area contributed by atoms with Gasteiger partial charge >= 0.3 is 5.97 Å². The molecule has 6 heteroatoms. The Kier molecular flexibility index (Phi) is 8.84. The van der Waals surface area contributed by atoms with Crippen LogP contribution in [0, 0.1) is 28.6 Å². The Morgan fingerprint density at radius 2 is 1.76 bits per heavy atom. The van der Waals surface area contributed by atoms with Crippen LogP contribution < -0.4 is 9.47 Å². The number of allylic oxidation sites excluding steroid dienone is 1. The Bertz CT molecular complexity index is 1310. The zero-order valence-corrected chi connectivity index (χ0v) is 28.3. The summed E-state index contributed by atoms with van der Waals surface area (Å²) in [5, 5.41) is 0. The molecule has 1 aromatic carbocycles. The van der Waals surface area contributed by atoms with Crippen LogP contribution in [0.25, 0.3) is 6.08 Å². The molecule has 6 nitrogen and oxygen atoms in total.